The molecule has 4 rings (SSSR count). The van der Waals surface area contributed by atoms with Gasteiger partial charge < -0.3 is 9.88 Å². The molecule has 1 amide bonds. The molecule has 0 fully saturated rings. The summed E-state index contributed by atoms with van der Waals surface area (Å²) in [6.45, 7) is 4.50. The maximum absolute atomic E-state index is 12.6. The van der Waals surface area contributed by atoms with Crippen molar-refractivity contribution < 1.29 is 13.2 Å². The summed E-state index contributed by atoms with van der Waals surface area (Å²) in [5.41, 5.74) is 3.33. The summed E-state index contributed by atoms with van der Waals surface area (Å²) in [5.74, 6) is 0.658. The van der Waals surface area contributed by atoms with E-state index in [1.165, 1.54) is 36.4 Å². The van der Waals surface area contributed by atoms with Crippen LogP contribution in [0.2, 0.25) is 0 Å². The second-order valence-corrected chi connectivity index (χ2v) is 9.73. The van der Waals surface area contributed by atoms with Crippen molar-refractivity contribution in [3.05, 3.63) is 66.0 Å². The van der Waals surface area contributed by atoms with Gasteiger partial charge in [0.05, 0.1) is 4.90 Å². The fourth-order valence-electron chi connectivity index (χ4n) is 3.74. The van der Waals surface area contributed by atoms with Gasteiger partial charge in [0, 0.05) is 41.3 Å². The largest absolute Gasteiger partial charge is 0.328 e. The number of imidazole rings is 1. The van der Waals surface area contributed by atoms with Crippen molar-refractivity contribution in [2.45, 2.75) is 50.6 Å². The predicted molar refractivity (Wildman–Crippen MR) is 120 cm³/mol. The van der Waals surface area contributed by atoms with Crippen LogP contribution in [-0.2, 0) is 23.0 Å². The van der Waals surface area contributed by atoms with Gasteiger partial charge in [-0.1, -0.05) is 0 Å². The molecule has 162 valence electrons. The number of nitrogens with zero attached hydrogens (tertiary/aromatic N) is 2. The zero-order valence-corrected chi connectivity index (χ0v) is 18.4. The first-order valence-corrected chi connectivity index (χ1v) is 11.9. The molecule has 0 saturated heterocycles. The maximum Gasteiger partial charge on any atom is 0.255 e. The second-order valence-electron chi connectivity index (χ2n) is 8.01. The molecule has 0 aliphatic carbocycles. The summed E-state index contributed by atoms with van der Waals surface area (Å²) < 4.78 is 29.2. The molecule has 1 aliphatic rings. The first-order valence-electron chi connectivity index (χ1n) is 10.4. The van der Waals surface area contributed by atoms with Gasteiger partial charge in [0.25, 0.3) is 5.91 Å². The Labute approximate surface area is 182 Å². The van der Waals surface area contributed by atoms with Crippen LogP contribution in [0.3, 0.4) is 0 Å². The minimum atomic E-state index is -3.58. The van der Waals surface area contributed by atoms with E-state index in [4.69, 9.17) is 0 Å². The Morgan fingerprint density at radius 3 is 2.42 bits per heavy atom. The quantitative estimate of drug-likeness (QED) is 0.612. The minimum absolute atomic E-state index is 0.130. The van der Waals surface area contributed by atoms with Gasteiger partial charge >= 0.3 is 0 Å². The van der Waals surface area contributed by atoms with Crippen LogP contribution < -0.4 is 10.0 Å². The van der Waals surface area contributed by atoms with Crippen LogP contribution in [0.15, 0.2) is 59.6 Å². The number of hydrogen-bond donors (Lipinski definition) is 2. The van der Waals surface area contributed by atoms with E-state index in [-0.39, 0.29) is 16.8 Å². The third kappa shape index (κ3) is 4.70. The lowest BCUT2D eigenvalue weighted by Gasteiger charge is -2.16. The summed E-state index contributed by atoms with van der Waals surface area (Å²) in [6, 6.07) is 13.3. The average Bonchev–Trinajstić information content (AvgIpc) is 3.18. The number of rotatable bonds is 6. The van der Waals surface area contributed by atoms with E-state index in [9.17, 15) is 13.2 Å². The number of aryl methyl sites for hydroxylation is 1. The second kappa shape index (κ2) is 8.64. The third-order valence-electron chi connectivity index (χ3n) is 5.22. The Balaban J connectivity index is 1.45. The number of anilines is 1. The molecule has 2 heterocycles. The summed E-state index contributed by atoms with van der Waals surface area (Å²) >= 11 is 0. The van der Waals surface area contributed by atoms with E-state index in [1.807, 2.05) is 30.5 Å². The molecule has 0 atom stereocenters. The highest BCUT2D eigenvalue weighted by molar-refractivity contribution is 7.89. The number of carbonyl (C=O) groups excluding carboxylic acids is 1. The summed E-state index contributed by atoms with van der Waals surface area (Å²) in [5, 5.41) is 2.85. The van der Waals surface area contributed by atoms with Gasteiger partial charge in [-0.05, 0) is 81.6 Å². The first-order chi connectivity index (χ1) is 14.8. The number of carbonyl (C=O) groups is 1. The third-order valence-corrected chi connectivity index (χ3v) is 6.90. The molecule has 8 heteroatoms. The van der Waals surface area contributed by atoms with Crippen molar-refractivity contribution in [3.63, 3.8) is 0 Å². The van der Waals surface area contributed by atoms with Crippen LogP contribution in [-0.4, -0.2) is 29.9 Å². The first kappa shape index (κ1) is 21.3. The Morgan fingerprint density at radius 2 is 1.74 bits per heavy atom. The van der Waals surface area contributed by atoms with Gasteiger partial charge in [-0.3, -0.25) is 4.79 Å². The molecule has 0 saturated carbocycles. The van der Waals surface area contributed by atoms with Crippen LogP contribution in [0.5, 0.6) is 0 Å². The maximum atomic E-state index is 12.6. The van der Waals surface area contributed by atoms with Gasteiger partial charge in [-0.15, -0.1) is 0 Å². The van der Waals surface area contributed by atoms with E-state index >= 15 is 0 Å². The van der Waals surface area contributed by atoms with Gasteiger partial charge in [0.2, 0.25) is 10.0 Å². The van der Waals surface area contributed by atoms with Crippen molar-refractivity contribution in [1.82, 2.24) is 14.3 Å². The summed E-state index contributed by atoms with van der Waals surface area (Å²) in [4.78, 5) is 17.3. The Morgan fingerprint density at radius 1 is 1.03 bits per heavy atom. The smallest absolute Gasteiger partial charge is 0.255 e. The predicted octanol–water partition coefficient (Wildman–Crippen LogP) is 3.83. The molecule has 2 aromatic carbocycles. The van der Waals surface area contributed by atoms with Crippen molar-refractivity contribution in [2.24, 2.45) is 0 Å². The topological polar surface area (TPSA) is 93.1 Å². The lowest BCUT2D eigenvalue weighted by molar-refractivity contribution is 0.102. The van der Waals surface area contributed by atoms with Gasteiger partial charge in [-0.2, -0.15) is 0 Å². The molecule has 0 unspecified atom stereocenters. The molecule has 0 bridgehead atoms. The molecule has 0 spiro atoms. The zero-order chi connectivity index (χ0) is 22.0. The van der Waals surface area contributed by atoms with Crippen LogP contribution in [0.1, 0.15) is 42.7 Å². The number of aromatic nitrogens is 2. The van der Waals surface area contributed by atoms with Crippen molar-refractivity contribution in [3.8, 4) is 11.4 Å². The molecule has 31 heavy (non-hydrogen) atoms. The van der Waals surface area contributed by atoms with Crippen molar-refractivity contribution in [1.29, 1.82) is 0 Å². The van der Waals surface area contributed by atoms with Gasteiger partial charge in [-0.25, -0.2) is 18.1 Å². The number of nitrogens with one attached hydrogen (secondary N) is 2. The normalized spacial score (nSPS) is 13.8. The van der Waals surface area contributed by atoms with E-state index < -0.39 is 10.0 Å². The molecular formula is C23H26N4O3S. The van der Waals surface area contributed by atoms with E-state index in [1.54, 1.807) is 13.8 Å². The minimum Gasteiger partial charge on any atom is -0.328 e. The van der Waals surface area contributed by atoms with Gasteiger partial charge in [0.15, 0.2) is 0 Å². The SMILES string of the molecule is CC(C)NS(=O)(=O)c1ccc(C(=O)Nc2ccc(-c3ncc4n3CCCC4)cc2)cc1. The lowest BCUT2D eigenvalue weighted by Crippen LogP contribution is -2.30. The Kier molecular flexibility index (Phi) is 5.93. The van der Waals surface area contributed by atoms with E-state index in [2.05, 4.69) is 19.6 Å². The van der Waals surface area contributed by atoms with E-state index in [0.717, 1.165) is 30.8 Å². The average molecular weight is 439 g/mol. The lowest BCUT2D eigenvalue weighted by atomic mass is 10.1. The monoisotopic (exact) mass is 438 g/mol. The number of amides is 1. The fourth-order valence-corrected chi connectivity index (χ4v) is 4.99. The van der Waals surface area contributed by atoms with Crippen molar-refractivity contribution in [2.75, 3.05) is 5.32 Å². The molecule has 7 nitrogen and oxygen atoms in total. The highest BCUT2D eigenvalue weighted by atomic mass is 32.2. The molecule has 1 aromatic heterocycles. The molecular weight excluding hydrogens is 412 g/mol. The number of sulfonamides is 1. The fraction of sp³-hybridized carbons (Fsp3) is 0.304. The summed E-state index contributed by atoms with van der Waals surface area (Å²) in [6.07, 6.45) is 5.38. The highest BCUT2D eigenvalue weighted by Gasteiger charge is 2.17. The van der Waals surface area contributed by atoms with Crippen LogP contribution in [0, 0.1) is 0 Å². The molecule has 0 radical (unpaired) electrons. The Bertz CT molecular complexity index is 1180. The molecule has 1 aliphatic heterocycles. The number of fused-ring (bicyclic) bond motifs is 1. The Hall–Kier alpha value is -2.97. The van der Waals surface area contributed by atoms with Crippen LogP contribution >= 0.6 is 0 Å². The number of hydrogen-bond acceptors (Lipinski definition) is 4. The van der Waals surface area contributed by atoms with Crippen molar-refractivity contribution >= 4 is 21.6 Å². The number of benzene rings is 2. The standard InChI is InChI=1S/C23H26N4O3S/c1-16(2)26-31(29,30)21-12-8-18(9-13-21)23(28)25-19-10-6-17(7-11-19)22-24-15-20-5-3-4-14-27(20)22/h6-13,15-16,26H,3-5,14H2,1-2H3,(H,25,28). The van der Waals surface area contributed by atoms with Gasteiger partial charge in [0.1, 0.15) is 5.82 Å². The molecule has 2 N–H and O–H groups in total. The van der Waals surface area contributed by atoms with Crippen LogP contribution in [0.25, 0.3) is 11.4 Å². The van der Waals surface area contributed by atoms with E-state index in [0.29, 0.717) is 11.3 Å². The van der Waals surface area contributed by atoms with Crippen LogP contribution in [0.4, 0.5) is 5.69 Å². The zero-order valence-electron chi connectivity index (χ0n) is 17.6. The molecule has 3 aromatic rings. The highest BCUT2D eigenvalue weighted by Crippen LogP contribution is 2.25. The summed E-state index contributed by atoms with van der Waals surface area (Å²) in [7, 11) is -3.58.